The molecule has 2 aromatic heterocycles. The number of nitrogens with one attached hydrogen (secondary N) is 1. The SMILES string of the molecule is CCCn1c(=O)c2[nH]c(-c3ccc(OCc4ccccc4)cc3)cc2n(CCC)c1=O. The van der Waals surface area contributed by atoms with Crippen LogP contribution in [0.15, 0.2) is 70.3 Å². The molecule has 2 aromatic carbocycles. The second-order valence-electron chi connectivity index (χ2n) is 7.63. The zero-order valence-corrected chi connectivity index (χ0v) is 17.9. The van der Waals surface area contributed by atoms with Crippen LogP contribution in [0.25, 0.3) is 22.3 Å². The standard InChI is InChI=1S/C25H27N3O3/c1-3-14-27-22-16-21(26-23(22)24(29)28(15-4-2)25(27)30)19-10-12-20(13-11-19)31-17-18-8-6-5-7-9-18/h5-13,16,26H,3-4,14-15,17H2,1-2H3. The normalized spacial score (nSPS) is 11.2. The quantitative estimate of drug-likeness (QED) is 0.457. The molecule has 6 nitrogen and oxygen atoms in total. The molecule has 2 heterocycles. The molecule has 6 heteroatoms. The van der Waals surface area contributed by atoms with Crippen molar-refractivity contribution in [3.63, 3.8) is 0 Å². The lowest BCUT2D eigenvalue weighted by Gasteiger charge is -2.10. The number of fused-ring (bicyclic) bond motifs is 1. The highest BCUT2D eigenvalue weighted by atomic mass is 16.5. The minimum atomic E-state index is -0.261. The van der Waals surface area contributed by atoms with Crippen molar-refractivity contribution < 1.29 is 4.74 Å². The maximum atomic E-state index is 12.9. The number of H-pyrrole nitrogens is 1. The zero-order valence-electron chi connectivity index (χ0n) is 17.9. The molecule has 0 saturated carbocycles. The van der Waals surface area contributed by atoms with Crippen molar-refractivity contribution in [2.45, 2.75) is 46.4 Å². The van der Waals surface area contributed by atoms with Crippen LogP contribution < -0.4 is 16.0 Å². The van der Waals surface area contributed by atoms with Crippen molar-refractivity contribution in [2.24, 2.45) is 0 Å². The fraction of sp³-hybridized carbons (Fsp3) is 0.280. The minimum Gasteiger partial charge on any atom is -0.489 e. The number of hydrogen-bond donors (Lipinski definition) is 1. The van der Waals surface area contributed by atoms with Crippen molar-refractivity contribution in [2.75, 3.05) is 0 Å². The molecule has 0 atom stereocenters. The number of nitrogens with zero attached hydrogens (tertiary/aromatic N) is 2. The smallest absolute Gasteiger partial charge is 0.331 e. The van der Waals surface area contributed by atoms with Gasteiger partial charge < -0.3 is 9.72 Å². The molecule has 0 aliphatic rings. The third-order valence-corrected chi connectivity index (χ3v) is 5.32. The van der Waals surface area contributed by atoms with E-state index in [9.17, 15) is 9.59 Å². The molecule has 0 aliphatic carbocycles. The Morgan fingerprint density at radius 1 is 0.871 bits per heavy atom. The average Bonchev–Trinajstić information content (AvgIpc) is 3.25. The second kappa shape index (κ2) is 9.08. The van der Waals surface area contributed by atoms with E-state index in [1.807, 2.05) is 74.5 Å². The summed E-state index contributed by atoms with van der Waals surface area (Å²) in [6.45, 7) is 5.48. The molecule has 4 rings (SSSR count). The summed E-state index contributed by atoms with van der Waals surface area (Å²) in [5.41, 5.74) is 3.48. The predicted octanol–water partition coefficient (Wildman–Crippen LogP) is 4.56. The number of aromatic nitrogens is 3. The van der Waals surface area contributed by atoms with Gasteiger partial charge in [0.05, 0.1) is 5.52 Å². The van der Waals surface area contributed by atoms with Gasteiger partial charge in [-0.1, -0.05) is 44.2 Å². The van der Waals surface area contributed by atoms with Crippen molar-refractivity contribution in [1.82, 2.24) is 14.1 Å². The fourth-order valence-electron chi connectivity index (χ4n) is 3.78. The summed E-state index contributed by atoms with van der Waals surface area (Å²) >= 11 is 0. The summed E-state index contributed by atoms with van der Waals surface area (Å²) in [7, 11) is 0. The molecule has 4 aromatic rings. The van der Waals surface area contributed by atoms with Gasteiger partial charge in [0, 0.05) is 18.8 Å². The van der Waals surface area contributed by atoms with Crippen LogP contribution in [0.1, 0.15) is 32.3 Å². The minimum absolute atomic E-state index is 0.239. The van der Waals surface area contributed by atoms with Crippen LogP contribution in [0.2, 0.25) is 0 Å². The Labute approximate surface area is 180 Å². The van der Waals surface area contributed by atoms with Gasteiger partial charge in [0.15, 0.2) is 0 Å². The molecule has 0 aliphatic heterocycles. The zero-order chi connectivity index (χ0) is 21.8. The highest BCUT2D eigenvalue weighted by Gasteiger charge is 2.16. The Morgan fingerprint density at radius 3 is 2.23 bits per heavy atom. The number of hydrogen-bond acceptors (Lipinski definition) is 3. The average molecular weight is 418 g/mol. The molecule has 0 fully saturated rings. The summed E-state index contributed by atoms with van der Waals surface area (Å²) < 4.78 is 8.89. The lowest BCUT2D eigenvalue weighted by molar-refractivity contribution is 0.306. The molecule has 31 heavy (non-hydrogen) atoms. The second-order valence-corrected chi connectivity index (χ2v) is 7.63. The molecule has 1 N–H and O–H groups in total. The van der Waals surface area contributed by atoms with Crippen LogP contribution in [-0.4, -0.2) is 14.1 Å². The topological polar surface area (TPSA) is 69.0 Å². The molecular formula is C25H27N3O3. The van der Waals surface area contributed by atoms with Crippen LogP contribution >= 0.6 is 0 Å². The van der Waals surface area contributed by atoms with Gasteiger partial charge in [-0.15, -0.1) is 0 Å². The van der Waals surface area contributed by atoms with E-state index in [0.717, 1.165) is 35.4 Å². The van der Waals surface area contributed by atoms with Gasteiger partial charge in [0.1, 0.15) is 17.9 Å². The molecule has 0 radical (unpaired) electrons. The van der Waals surface area contributed by atoms with E-state index in [2.05, 4.69) is 4.98 Å². The van der Waals surface area contributed by atoms with Crippen LogP contribution in [0.4, 0.5) is 0 Å². The van der Waals surface area contributed by atoms with E-state index in [1.54, 1.807) is 4.57 Å². The number of benzene rings is 2. The molecule has 0 spiro atoms. The largest absolute Gasteiger partial charge is 0.489 e. The summed E-state index contributed by atoms with van der Waals surface area (Å²) in [4.78, 5) is 29.0. The van der Waals surface area contributed by atoms with Crippen LogP contribution in [0.5, 0.6) is 5.75 Å². The van der Waals surface area contributed by atoms with E-state index in [0.29, 0.717) is 30.7 Å². The van der Waals surface area contributed by atoms with Gasteiger partial charge in [0.2, 0.25) is 0 Å². The Hall–Kier alpha value is -3.54. The number of rotatable bonds is 8. The van der Waals surface area contributed by atoms with Gasteiger partial charge in [-0.3, -0.25) is 13.9 Å². The van der Waals surface area contributed by atoms with Crippen molar-refractivity contribution in [1.29, 1.82) is 0 Å². The molecule has 0 saturated heterocycles. The maximum absolute atomic E-state index is 12.9. The first-order chi connectivity index (χ1) is 15.1. The number of aromatic amines is 1. The van der Waals surface area contributed by atoms with Crippen molar-refractivity contribution in [3.8, 4) is 17.0 Å². The van der Waals surface area contributed by atoms with E-state index in [4.69, 9.17) is 4.74 Å². The van der Waals surface area contributed by atoms with Gasteiger partial charge >= 0.3 is 5.69 Å². The summed E-state index contributed by atoms with van der Waals surface area (Å²) in [6, 6.07) is 19.7. The Bertz CT molecular complexity index is 1280. The van der Waals surface area contributed by atoms with Gasteiger partial charge in [-0.05, 0) is 54.3 Å². The molecule has 160 valence electrons. The first-order valence-electron chi connectivity index (χ1n) is 10.8. The molecule has 0 unspecified atom stereocenters. The monoisotopic (exact) mass is 417 g/mol. The third-order valence-electron chi connectivity index (χ3n) is 5.32. The lowest BCUT2D eigenvalue weighted by Crippen LogP contribution is -2.39. The van der Waals surface area contributed by atoms with Crippen LogP contribution in [0.3, 0.4) is 0 Å². The van der Waals surface area contributed by atoms with Crippen molar-refractivity contribution in [3.05, 3.63) is 87.1 Å². The number of ether oxygens (including phenoxy) is 1. The summed E-state index contributed by atoms with van der Waals surface area (Å²) in [5.74, 6) is 0.775. The Morgan fingerprint density at radius 2 is 1.55 bits per heavy atom. The Kier molecular flexibility index (Phi) is 6.07. The predicted molar refractivity (Wildman–Crippen MR) is 124 cm³/mol. The number of aryl methyl sites for hydroxylation is 1. The Balaban J connectivity index is 1.66. The first kappa shape index (κ1) is 20.7. The molecule has 0 amide bonds. The van der Waals surface area contributed by atoms with Gasteiger partial charge in [0.25, 0.3) is 5.56 Å². The van der Waals surface area contributed by atoms with E-state index in [-0.39, 0.29) is 11.2 Å². The van der Waals surface area contributed by atoms with Gasteiger partial charge in [-0.25, -0.2) is 4.79 Å². The van der Waals surface area contributed by atoms with E-state index < -0.39 is 0 Å². The highest BCUT2D eigenvalue weighted by molar-refractivity contribution is 5.82. The van der Waals surface area contributed by atoms with E-state index in [1.165, 1.54) is 4.57 Å². The fourth-order valence-corrected chi connectivity index (χ4v) is 3.78. The van der Waals surface area contributed by atoms with Crippen molar-refractivity contribution >= 4 is 11.0 Å². The molecular weight excluding hydrogens is 390 g/mol. The summed E-state index contributed by atoms with van der Waals surface area (Å²) in [5, 5.41) is 0. The van der Waals surface area contributed by atoms with Gasteiger partial charge in [-0.2, -0.15) is 0 Å². The molecule has 0 bridgehead atoms. The maximum Gasteiger partial charge on any atom is 0.331 e. The third kappa shape index (κ3) is 4.19. The first-order valence-corrected chi connectivity index (χ1v) is 10.8. The summed E-state index contributed by atoms with van der Waals surface area (Å²) in [6.07, 6.45) is 1.54. The van der Waals surface area contributed by atoms with E-state index >= 15 is 0 Å². The van der Waals surface area contributed by atoms with Crippen LogP contribution in [0, 0.1) is 0 Å². The lowest BCUT2D eigenvalue weighted by atomic mass is 10.1. The highest BCUT2D eigenvalue weighted by Crippen LogP contribution is 2.25. The van der Waals surface area contributed by atoms with Crippen LogP contribution in [-0.2, 0) is 19.7 Å².